The maximum absolute atomic E-state index is 11.9. The number of ether oxygens (including phenoxy) is 1. The highest BCUT2D eigenvalue weighted by Crippen LogP contribution is 2.13. The zero-order valence-corrected chi connectivity index (χ0v) is 10.6. The summed E-state index contributed by atoms with van der Waals surface area (Å²) in [6.07, 6.45) is 6.33. The Kier molecular flexibility index (Phi) is 3.97. The molecule has 4 nitrogen and oxygen atoms in total. The van der Waals surface area contributed by atoms with Crippen LogP contribution in [-0.4, -0.2) is 48.1 Å². The van der Waals surface area contributed by atoms with Gasteiger partial charge >= 0.3 is 0 Å². The SMILES string of the molecule is CN(CC(=O)c1ccn(C)c1)CC1CCCO1. The predicted octanol–water partition coefficient (Wildman–Crippen LogP) is 1.32. The van der Waals surface area contributed by atoms with E-state index < -0.39 is 0 Å². The van der Waals surface area contributed by atoms with E-state index in [-0.39, 0.29) is 5.78 Å². The maximum Gasteiger partial charge on any atom is 0.178 e. The van der Waals surface area contributed by atoms with Crippen LogP contribution >= 0.6 is 0 Å². The summed E-state index contributed by atoms with van der Waals surface area (Å²) in [4.78, 5) is 14.0. The molecule has 0 aliphatic carbocycles. The molecular formula is C13H20N2O2. The highest BCUT2D eigenvalue weighted by atomic mass is 16.5. The number of carbonyl (C=O) groups is 1. The molecule has 1 aliphatic heterocycles. The van der Waals surface area contributed by atoms with Gasteiger partial charge in [0.15, 0.2) is 5.78 Å². The molecule has 1 unspecified atom stereocenters. The summed E-state index contributed by atoms with van der Waals surface area (Å²) in [5.74, 6) is 0.172. The minimum Gasteiger partial charge on any atom is -0.377 e. The van der Waals surface area contributed by atoms with Crippen LogP contribution in [0.15, 0.2) is 18.5 Å². The summed E-state index contributed by atoms with van der Waals surface area (Å²) in [7, 11) is 3.90. The van der Waals surface area contributed by atoms with Gasteiger partial charge in [0.05, 0.1) is 12.6 Å². The van der Waals surface area contributed by atoms with Crippen molar-refractivity contribution < 1.29 is 9.53 Å². The van der Waals surface area contributed by atoms with Crippen LogP contribution in [0, 0.1) is 0 Å². The second-order valence-corrected chi connectivity index (χ2v) is 4.82. The largest absolute Gasteiger partial charge is 0.377 e. The van der Waals surface area contributed by atoms with Gasteiger partial charge in [-0.3, -0.25) is 9.69 Å². The highest BCUT2D eigenvalue weighted by Gasteiger charge is 2.19. The van der Waals surface area contributed by atoms with Crippen molar-refractivity contribution in [2.24, 2.45) is 7.05 Å². The van der Waals surface area contributed by atoms with E-state index in [1.54, 1.807) is 0 Å². The lowest BCUT2D eigenvalue weighted by Crippen LogP contribution is -2.33. The second-order valence-electron chi connectivity index (χ2n) is 4.82. The van der Waals surface area contributed by atoms with Crippen molar-refractivity contribution >= 4 is 5.78 Å². The number of carbonyl (C=O) groups excluding carboxylic acids is 1. The third kappa shape index (κ3) is 3.41. The van der Waals surface area contributed by atoms with Crippen LogP contribution in [-0.2, 0) is 11.8 Å². The van der Waals surface area contributed by atoms with E-state index in [0.29, 0.717) is 12.6 Å². The first-order chi connectivity index (χ1) is 8.15. The lowest BCUT2D eigenvalue weighted by molar-refractivity contribution is 0.0740. The van der Waals surface area contributed by atoms with E-state index in [1.807, 2.05) is 42.0 Å². The molecule has 17 heavy (non-hydrogen) atoms. The van der Waals surface area contributed by atoms with Crippen molar-refractivity contribution in [1.82, 2.24) is 9.47 Å². The van der Waals surface area contributed by atoms with Crippen molar-refractivity contribution in [3.05, 3.63) is 24.0 Å². The van der Waals surface area contributed by atoms with Crippen LogP contribution < -0.4 is 0 Å². The van der Waals surface area contributed by atoms with E-state index in [9.17, 15) is 4.79 Å². The number of aryl methyl sites for hydroxylation is 1. The third-order valence-electron chi connectivity index (χ3n) is 3.11. The smallest absolute Gasteiger partial charge is 0.178 e. The highest BCUT2D eigenvalue weighted by molar-refractivity contribution is 5.97. The summed E-state index contributed by atoms with van der Waals surface area (Å²) in [5, 5.41) is 0. The van der Waals surface area contributed by atoms with Gasteiger partial charge in [-0.2, -0.15) is 0 Å². The first-order valence-electron chi connectivity index (χ1n) is 6.10. The van der Waals surface area contributed by atoms with Crippen LogP contribution in [0.4, 0.5) is 0 Å². The molecule has 1 atom stereocenters. The quantitative estimate of drug-likeness (QED) is 0.723. The monoisotopic (exact) mass is 236 g/mol. The number of Topliss-reactive ketones (excluding diaryl/α,β-unsaturated/α-hetero) is 1. The van der Waals surface area contributed by atoms with Crippen LogP contribution in [0.5, 0.6) is 0 Å². The Morgan fingerprint density at radius 3 is 3.06 bits per heavy atom. The predicted molar refractivity (Wildman–Crippen MR) is 66.2 cm³/mol. The first kappa shape index (κ1) is 12.3. The van der Waals surface area contributed by atoms with Crippen LogP contribution in [0.1, 0.15) is 23.2 Å². The Morgan fingerprint density at radius 2 is 2.47 bits per heavy atom. The van der Waals surface area contributed by atoms with Gasteiger partial charge in [-0.15, -0.1) is 0 Å². The summed E-state index contributed by atoms with van der Waals surface area (Å²) in [6, 6.07) is 1.86. The Balaban J connectivity index is 1.81. The third-order valence-corrected chi connectivity index (χ3v) is 3.11. The lowest BCUT2D eigenvalue weighted by atomic mass is 10.2. The minimum absolute atomic E-state index is 0.172. The molecule has 1 aromatic heterocycles. The van der Waals surface area contributed by atoms with Gasteiger partial charge in [-0.1, -0.05) is 0 Å². The molecule has 0 amide bonds. The van der Waals surface area contributed by atoms with Gasteiger partial charge in [-0.05, 0) is 26.0 Å². The fourth-order valence-electron chi connectivity index (χ4n) is 2.21. The summed E-state index contributed by atoms with van der Waals surface area (Å²) >= 11 is 0. The van der Waals surface area contributed by atoms with Crippen molar-refractivity contribution in [2.75, 3.05) is 26.7 Å². The van der Waals surface area contributed by atoms with E-state index in [4.69, 9.17) is 4.74 Å². The minimum atomic E-state index is 0.172. The van der Waals surface area contributed by atoms with Gasteiger partial charge in [0.25, 0.3) is 0 Å². The number of hydrogen-bond donors (Lipinski definition) is 0. The van der Waals surface area contributed by atoms with Gasteiger partial charge in [0.1, 0.15) is 0 Å². The zero-order valence-electron chi connectivity index (χ0n) is 10.6. The van der Waals surface area contributed by atoms with Crippen molar-refractivity contribution in [1.29, 1.82) is 0 Å². The summed E-state index contributed by atoms with van der Waals surface area (Å²) in [6.45, 7) is 2.17. The van der Waals surface area contributed by atoms with Crippen LogP contribution in [0.25, 0.3) is 0 Å². The molecule has 0 saturated carbocycles. The van der Waals surface area contributed by atoms with E-state index in [0.717, 1.165) is 31.6 Å². The van der Waals surface area contributed by atoms with Gasteiger partial charge in [0.2, 0.25) is 0 Å². The second kappa shape index (κ2) is 5.47. The number of likely N-dealkylation sites (N-methyl/N-ethyl adjacent to an activating group) is 1. The average molecular weight is 236 g/mol. The number of aromatic nitrogens is 1. The van der Waals surface area contributed by atoms with Crippen molar-refractivity contribution in [3.63, 3.8) is 0 Å². The lowest BCUT2D eigenvalue weighted by Gasteiger charge is -2.19. The van der Waals surface area contributed by atoms with E-state index >= 15 is 0 Å². The number of hydrogen-bond acceptors (Lipinski definition) is 3. The van der Waals surface area contributed by atoms with Gasteiger partial charge in [0, 0.05) is 38.2 Å². The molecule has 1 fully saturated rings. The molecule has 1 aromatic rings. The normalized spacial score (nSPS) is 20.1. The molecule has 2 rings (SSSR count). The van der Waals surface area contributed by atoms with Crippen molar-refractivity contribution in [3.8, 4) is 0 Å². The Bertz CT molecular complexity index is 381. The van der Waals surface area contributed by atoms with Crippen molar-refractivity contribution in [2.45, 2.75) is 18.9 Å². The molecule has 94 valence electrons. The molecule has 0 aromatic carbocycles. The number of nitrogens with zero attached hydrogens (tertiary/aromatic N) is 2. The number of rotatable bonds is 5. The first-order valence-corrected chi connectivity index (χ1v) is 6.10. The Labute approximate surface area is 102 Å². The number of ketones is 1. The summed E-state index contributed by atoms with van der Waals surface area (Å²) in [5.41, 5.74) is 0.784. The molecule has 1 aliphatic rings. The maximum atomic E-state index is 11.9. The molecular weight excluding hydrogens is 216 g/mol. The molecule has 0 radical (unpaired) electrons. The fraction of sp³-hybridized carbons (Fsp3) is 0.615. The zero-order chi connectivity index (χ0) is 12.3. The average Bonchev–Trinajstić information content (AvgIpc) is 2.89. The Hall–Kier alpha value is -1.13. The fourth-order valence-corrected chi connectivity index (χ4v) is 2.21. The topological polar surface area (TPSA) is 34.5 Å². The van der Waals surface area contributed by atoms with Crippen LogP contribution in [0.3, 0.4) is 0 Å². The molecule has 1 saturated heterocycles. The molecule has 4 heteroatoms. The van der Waals surface area contributed by atoms with E-state index in [1.165, 1.54) is 0 Å². The molecule has 2 heterocycles. The molecule has 0 bridgehead atoms. The van der Waals surface area contributed by atoms with Gasteiger partial charge < -0.3 is 9.30 Å². The summed E-state index contributed by atoms with van der Waals surface area (Å²) < 4.78 is 7.45. The Morgan fingerprint density at radius 1 is 1.65 bits per heavy atom. The molecule has 0 spiro atoms. The van der Waals surface area contributed by atoms with Gasteiger partial charge in [-0.25, -0.2) is 0 Å². The van der Waals surface area contributed by atoms with Crippen LogP contribution in [0.2, 0.25) is 0 Å². The molecule has 0 N–H and O–H groups in total. The standard InChI is InChI=1S/C13H20N2O2/c1-14-6-5-11(8-14)13(16)10-15(2)9-12-4-3-7-17-12/h5-6,8,12H,3-4,7,9-10H2,1-2H3. The van der Waals surface area contributed by atoms with E-state index in [2.05, 4.69) is 0 Å².